The van der Waals surface area contributed by atoms with E-state index in [1.807, 2.05) is 6.07 Å². The fraction of sp³-hybridized carbons (Fsp3) is 0.462. The van der Waals surface area contributed by atoms with E-state index in [0.717, 1.165) is 12.1 Å². The van der Waals surface area contributed by atoms with Crippen molar-refractivity contribution in [3.8, 4) is 0 Å². The minimum atomic E-state index is -0.425. The van der Waals surface area contributed by atoms with Crippen LogP contribution in [0.3, 0.4) is 0 Å². The molecular weight excluding hydrogens is 232 g/mol. The molecule has 0 N–H and O–H groups in total. The quantitative estimate of drug-likeness (QED) is 0.742. The fourth-order valence-electron chi connectivity index (χ4n) is 2.21. The van der Waals surface area contributed by atoms with Gasteiger partial charge in [-0.05, 0) is 25.0 Å². The molecule has 1 aromatic heterocycles. The van der Waals surface area contributed by atoms with Gasteiger partial charge < -0.3 is 9.64 Å². The van der Waals surface area contributed by atoms with Crippen molar-refractivity contribution in [2.45, 2.75) is 25.3 Å². The molecule has 5 heteroatoms. The van der Waals surface area contributed by atoms with Gasteiger partial charge >= 0.3 is 5.97 Å². The minimum Gasteiger partial charge on any atom is -0.467 e. The summed E-state index contributed by atoms with van der Waals surface area (Å²) in [6.07, 6.45) is 3.41. The number of rotatable bonds is 3. The maximum atomic E-state index is 12.1. The lowest BCUT2D eigenvalue weighted by Gasteiger charge is -2.22. The Hall–Kier alpha value is -1.91. The largest absolute Gasteiger partial charge is 0.467 e. The molecule has 1 aromatic rings. The highest BCUT2D eigenvalue weighted by molar-refractivity contribution is 5.86. The first kappa shape index (κ1) is 12.5. The second-order valence-electron chi connectivity index (χ2n) is 4.27. The van der Waals surface area contributed by atoms with Gasteiger partial charge in [0.2, 0.25) is 5.91 Å². The molecule has 2 rings (SSSR count). The van der Waals surface area contributed by atoms with Crippen molar-refractivity contribution in [3.63, 3.8) is 0 Å². The number of carbonyl (C=O) groups excluding carboxylic acids is 2. The maximum absolute atomic E-state index is 12.1. The summed E-state index contributed by atoms with van der Waals surface area (Å²) < 4.78 is 4.72. The summed E-state index contributed by atoms with van der Waals surface area (Å²) in [5.74, 6) is -0.400. The molecule has 2 heterocycles. The molecule has 0 aliphatic carbocycles. The smallest absolute Gasteiger partial charge is 0.328 e. The summed E-state index contributed by atoms with van der Waals surface area (Å²) in [7, 11) is 1.35. The third kappa shape index (κ3) is 2.67. The molecule has 1 saturated heterocycles. The van der Waals surface area contributed by atoms with E-state index >= 15 is 0 Å². The number of hydrogen-bond donors (Lipinski definition) is 0. The van der Waals surface area contributed by atoms with Crippen LogP contribution in [0.2, 0.25) is 0 Å². The molecule has 1 aliphatic rings. The van der Waals surface area contributed by atoms with E-state index in [2.05, 4.69) is 4.98 Å². The first-order chi connectivity index (χ1) is 8.72. The predicted molar refractivity (Wildman–Crippen MR) is 64.7 cm³/mol. The number of methoxy groups -OCH3 is 1. The van der Waals surface area contributed by atoms with Crippen molar-refractivity contribution < 1.29 is 14.3 Å². The van der Waals surface area contributed by atoms with Crippen LogP contribution in [-0.4, -0.2) is 41.5 Å². The predicted octanol–water partition coefficient (Wildman–Crippen LogP) is 0.788. The van der Waals surface area contributed by atoms with E-state index in [0.29, 0.717) is 13.0 Å². The van der Waals surface area contributed by atoms with Crippen LogP contribution in [0.15, 0.2) is 24.4 Å². The second-order valence-corrected chi connectivity index (χ2v) is 4.27. The molecule has 1 aliphatic heterocycles. The van der Waals surface area contributed by atoms with Crippen LogP contribution in [0.5, 0.6) is 0 Å². The number of carbonyl (C=O) groups is 2. The standard InChI is InChI=1S/C13H16N2O3/c1-18-13(17)11-6-4-8-15(11)12(16)9-10-5-2-3-7-14-10/h2-3,5,7,11H,4,6,8-9H2,1H3. The Bertz CT molecular complexity index is 433. The summed E-state index contributed by atoms with van der Waals surface area (Å²) in [6.45, 7) is 0.617. The van der Waals surface area contributed by atoms with Gasteiger partial charge in [-0.15, -0.1) is 0 Å². The summed E-state index contributed by atoms with van der Waals surface area (Å²) in [4.78, 5) is 29.4. The van der Waals surface area contributed by atoms with Crippen molar-refractivity contribution in [2.24, 2.45) is 0 Å². The number of amides is 1. The van der Waals surface area contributed by atoms with Crippen LogP contribution in [0, 0.1) is 0 Å². The Balaban J connectivity index is 2.02. The van der Waals surface area contributed by atoms with Crippen LogP contribution in [0.25, 0.3) is 0 Å². The molecule has 1 unspecified atom stereocenters. The van der Waals surface area contributed by atoms with Gasteiger partial charge in [-0.3, -0.25) is 9.78 Å². The molecule has 1 atom stereocenters. The zero-order valence-electron chi connectivity index (χ0n) is 10.3. The number of likely N-dealkylation sites (tertiary alicyclic amines) is 1. The topological polar surface area (TPSA) is 59.5 Å². The highest BCUT2D eigenvalue weighted by Gasteiger charge is 2.34. The molecule has 0 saturated carbocycles. The number of esters is 1. The molecule has 5 nitrogen and oxygen atoms in total. The molecular formula is C13H16N2O3. The maximum Gasteiger partial charge on any atom is 0.328 e. The van der Waals surface area contributed by atoms with E-state index < -0.39 is 6.04 Å². The summed E-state index contributed by atoms with van der Waals surface area (Å²) in [5, 5.41) is 0. The van der Waals surface area contributed by atoms with Gasteiger partial charge in [0.25, 0.3) is 0 Å². The van der Waals surface area contributed by atoms with Crippen LogP contribution >= 0.6 is 0 Å². The van der Waals surface area contributed by atoms with Gasteiger partial charge in [0.1, 0.15) is 6.04 Å². The van der Waals surface area contributed by atoms with Gasteiger partial charge in [0.05, 0.1) is 13.5 Å². The first-order valence-corrected chi connectivity index (χ1v) is 5.99. The van der Waals surface area contributed by atoms with E-state index in [1.54, 1.807) is 23.2 Å². The zero-order valence-corrected chi connectivity index (χ0v) is 10.3. The highest BCUT2D eigenvalue weighted by atomic mass is 16.5. The van der Waals surface area contributed by atoms with Crippen LogP contribution in [-0.2, 0) is 20.7 Å². The molecule has 1 amide bonds. The molecule has 0 spiro atoms. The lowest BCUT2D eigenvalue weighted by molar-refractivity contribution is -0.150. The van der Waals surface area contributed by atoms with Crippen LogP contribution < -0.4 is 0 Å². The summed E-state index contributed by atoms with van der Waals surface area (Å²) in [6, 6.07) is 5.03. The minimum absolute atomic E-state index is 0.0680. The average Bonchev–Trinajstić information content (AvgIpc) is 2.88. The zero-order chi connectivity index (χ0) is 13.0. The second kappa shape index (κ2) is 5.62. The van der Waals surface area contributed by atoms with Crippen molar-refractivity contribution in [3.05, 3.63) is 30.1 Å². The SMILES string of the molecule is COC(=O)C1CCCN1C(=O)Cc1ccccn1. The van der Waals surface area contributed by atoms with Gasteiger partial charge in [-0.25, -0.2) is 4.79 Å². The van der Waals surface area contributed by atoms with Crippen LogP contribution in [0.1, 0.15) is 18.5 Å². The van der Waals surface area contributed by atoms with Gasteiger partial charge in [-0.2, -0.15) is 0 Å². The van der Waals surface area contributed by atoms with E-state index in [4.69, 9.17) is 4.74 Å². The molecule has 18 heavy (non-hydrogen) atoms. The number of nitrogens with zero attached hydrogens (tertiary/aromatic N) is 2. The Morgan fingerprint density at radius 1 is 1.50 bits per heavy atom. The van der Waals surface area contributed by atoms with Crippen LogP contribution in [0.4, 0.5) is 0 Å². The molecule has 1 fully saturated rings. The normalized spacial score (nSPS) is 18.7. The summed E-state index contributed by atoms with van der Waals surface area (Å²) >= 11 is 0. The van der Waals surface area contributed by atoms with Crippen molar-refractivity contribution >= 4 is 11.9 Å². The number of pyridine rings is 1. The van der Waals surface area contributed by atoms with Crippen molar-refractivity contribution in [1.82, 2.24) is 9.88 Å². The Morgan fingerprint density at radius 2 is 2.33 bits per heavy atom. The van der Waals surface area contributed by atoms with Crippen molar-refractivity contribution in [2.75, 3.05) is 13.7 Å². The van der Waals surface area contributed by atoms with Crippen molar-refractivity contribution in [1.29, 1.82) is 0 Å². The van der Waals surface area contributed by atoms with Gasteiger partial charge in [0.15, 0.2) is 0 Å². The monoisotopic (exact) mass is 248 g/mol. The summed E-state index contributed by atoms with van der Waals surface area (Å²) in [5.41, 5.74) is 0.720. The van der Waals surface area contributed by atoms with E-state index in [9.17, 15) is 9.59 Å². The lowest BCUT2D eigenvalue weighted by atomic mass is 10.2. The van der Waals surface area contributed by atoms with E-state index in [1.165, 1.54) is 7.11 Å². The molecule has 0 bridgehead atoms. The molecule has 0 aromatic carbocycles. The molecule has 96 valence electrons. The molecule has 0 radical (unpaired) electrons. The number of ether oxygens (including phenoxy) is 1. The average molecular weight is 248 g/mol. The first-order valence-electron chi connectivity index (χ1n) is 5.99. The lowest BCUT2D eigenvalue weighted by Crippen LogP contribution is -2.41. The third-order valence-electron chi connectivity index (χ3n) is 3.10. The fourth-order valence-corrected chi connectivity index (χ4v) is 2.21. The Kier molecular flexibility index (Phi) is 3.92. The number of aromatic nitrogens is 1. The number of hydrogen-bond acceptors (Lipinski definition) is 4. The Morgan fingerprint density at radius 3 is 3.00 bits per heavy atom. The van der Waals surface area contributed by atoms with E-state index in [-0.39, 0.29) is 18.3 Å². The van der Waals surface area contributed by atoms with Gasteiger partial charge in [-0.1, -0.05) is 6.07 Å². The highest BCUT2D eigenvalue weighted by Crippen LogP contribution is 2.19. The van der Waals surface area contributed by atoms with Gasteiger partial charge in [0, 0.05) is 18.4 Å². The Labute approximate surface area is 106 Å². The third-order valence-corrected chi connectivity index (χ3v) is 3.10.